The first kappa shape index (κ1) is 13.6. The molecule has 1 atom stereocenters. The van der Waals surface area contributed by atoms with E-state index in [1.54, 1.807) is 0 Å². The molecule has 0 radical (unpaired) electrons. The normalized spacial score (nSPS) is 17.2. The van der Waals surface area contributed by atoms with E-state index in [0.717, 1.165) is 12.6 Å². The zero-order valence-electron chi connectivity index (χ0n) is 11.9. The number of hydrogen-bond acceptors (Lipinski definition) is 2. The number of hydrogen-bond donors (Lipinski definition) is 1. The molecule has 0 aliphatic heterocycles. The van der Waals surface area contributed by atoms with Gasteiger partial charge >= 0.3 is 0 Å². The van der Waals surface area contributed by atoms with Gasteiger partial charge in [-0.15, -0.1) is 0 Å². The SMILES string of the molecule is CCCN(C1CC1)C(CN)c1ccc(C)cc1C. The topological polar surface area (TPSA) is 29.3 Å². The Kier molecular flexibility index (Phi) is 4.41. The van der Waals surface area contributed by atoms with Gasteiger partial charge in [0, 0.05) is 18.6 Å². The van der Waals surface area contributed by atoms with Gasteiger partial charge in [0.15, 0.2) is 0 Å². The Hall–Kier alpha value is -0.860. The first-order chi connectivity index (χ1) is 8.67. The van der Waals surface area contributed by atoms with Crippen molar-refractivity contribution in [3.63, 3.8) is 0 Å². The van der Waals surface area contributed by atoms with Crippen LogP contribution in [0.2, 0.25) is 0 Å². The minimum Gasteiger partial charge on any atom is -0.329 e. The molecule has 0 saturated heterocycles. The van der Waals surface area contributed by atoms with Crippen molar-refractivity contribution in [3.05, 3.63) is 34.9 Å². The first-order valence-electron chi connectivity index (χ1n) is 7.20. The zero-order chi connectivity index (χ0) is 13.1. The highest BCUT2D eigenvalue weighted by Crippen LogP contribution is 2.35. The zero-order valence-corrected chi connectivity index (χ0v) is 11.9. The highest BCUT2D eigenvalue weighted by atomic mass is 15.2. The summed E-state index contributed by atoms with van der Waals surface area (Å²) in [5, 5.41) is 0. The molecule has 0 amide bonds. The lowest BCUT2D eigenvalue weighted by Gasteiger charge is -2.32. The summed E-state index contributed by atoms with van der Waals surface area (Å²) in [4.78, 5) is 2.62. The minimum absolute atomic E-state index is 0.401. The van der Waals surface area contributed by atoms with Gasteiger partial charge in [-0.1, -0.05) is 30.7 Å². The van der Waals surface area contributed by atoms with Crippen LogP contribution < -0.4 is 5.73 Å². The van der Waals surface area contributed by atoms with Crippen LogP contribution >= 0.6 is 0 Å². The van der Waals surface area contributed by atoms with Crippen molar-refractivity contribution in [2.24, 2.45) is 5.73 Å². The van der Waals surface area contributed by atoms with Gasteiger partial charge in [0.2, 0.25) is 0 Å². The lowest BCUT2D eigenvalue weighted by Crippen LogP contribution is -2.36. The van der Waals surface area contributed by atoms with Gasteiger partial charge < -0.3 is 5.73 Å². The number of rotatable bonds is 6. The fourth-order valence-corrected chi connectivity index (χ4v) is 2.90. The molecule has 2 nitrogen and oxygen atoms in total. The fraction of sp³-hybridized carbons (Fsp3) is 0.625. The third-order valence-corrected chi connectivity index (χ3v) is 3.91. The average Bonchev–Trinajstić information content (AvgIpc) is 3.15. The van der Waals surface area contributed by atoms with Gasteiger partial charge in [-0.2, -0.15) is 0 Å². The molecule has 2 rings (SSSR count). The molecular weight excluding hydrogens is 220 g/mol. The summed E-state index contributed by atoms with van der Waals surface area (Å²) in [5.74, 6) is 0. The first-order valence-corrected chi connectivity index (χ1v) is 7.20. The lowest BCUT2D eigenvalue weighted by molar-refractivity contribution is 0.191. The number of nitrogens with two attached hydrogens (primary N) is 1. The second-order valence-electron chi connectivity index (χ2n) is 5.58. The standard InChI is InChI=1S/C16H26N2/c1-4-9-18(14-6-7-14)16(11-17)15-8-5-12(2)10-13(15)3/h5,8,10,14,16H,4,6-7,9,11,17H2,1-3H3. The van der Waals surface area contributed by atoms with Crippen molar-refractivity contribution < 1.29 is 0 Å². The minimum atomic E-state index is 0.401. The van der Waals surface area contributed by atoms with Crippen LogP contribution in [0.25, 0.3) is 0 Å². The molecule has 1 aliphatic carbocycles. The number of nitrogens with zero attached hydrogens (tertiary/aromatic N) is 1. The maximum Gasteiger partial charge on any atom is 0.0476 e. The van der Waals surface area contributed by atoms with E-state index >= 15 is 0 Å². The Balaban J connectivity index is 2.25. The molecule has 1 fully saturated rings. The predicted molar refractivity (Wildman–Crippen MR) is 77.7 cm³/mol. The third-order valence-electron chi connectivity index (χ3n) is 3.91. The van der Waals surface area contributed by atoms with Crippen LogP contribution in [-0.2, 0) is 0 Å². The molecule has 18 heavy (non-hydrogen) atoms. The van der Waals surface area contributed by atoms with Crippen molar-refractivity contribution in [2.45, 2.75) is 52.1 Å². The van der Waals surface area contributed by atoms with Gasteiger partial charge in [-0.3, -0.25) is 4.90 Å². The second kappa shape index (κ2) is 5.85. The molecule has 1 unspecified atom stereocenters. The highest BCUT2D eigenvalue weighted by Gasteiger charge is 2.33. The van der Waals surface area contributed by atoms with E-state index in [1.165, 1.54) is 42.5 Å². The Morgan fingerprint density at radius 3 is 2.56 bits per heavy atom. The second-order valence-corrected chi connectivity index (χ2v) is 5.58. The van der Waals surface area contributed by atoms with Gasteiger partial charge in [0.25, 0.3) is 0 Å². The molecule has 0 aromatic heterocycles. The molecule has 2 N–H and O–H groups in total. The van der Waals surface area contributed by atoms with E-state index in [4.69, 9.17) is 5.73 Å². The third kappa shape index (κ3) is 2.93. The molecule has 0 heterocycles. The van der Waals surface area contributed by atoms with Gasteiger partial charge in [0.1, 0.15) is 0 Å². The highest BCUT2D eigenvalue weighted by molar-refractivity contribution is 5.33. The van der Waals surface area contributed by atoms with E-state index in [2.05, 4.69) is 43.9 Å². The molecule has 2 heteroatoms. The molecule has 1 aliphatic rings. The summed E-state index contributed by atoms with van der Waals surface area (Å²) in [7, 11) is 0. The predicted octanol–water partition coefficient (Wildman–Crippen LogP) is 3.18. The molecule has 0 bridgehead atoms. The van der Waals surface area contributed by atoms with Crippen molar-refractivity contribution >= 4 is 0 Å². The van der Waals surface area contributed by atoms with Crippen LogP contribution in [0.4, 0.5) is 0 Å². The Morgan fingerprint density at radius 2 is 2.06 bits per heavy atom. The molecule has 1 aromatic rings. The van der Waals surface area contributed by atoms with Crippen LogP contribution in [0.1, 0.15) is 48.9 Å². The quantitative estimate of drug-likeness (QED) is 0.835. The Bertz CT molecular complexity index is 396. The van der Waals surface area contributed by atoms with E-state index in [0.29, 0.717) is 6.04 Å². The van der Waals surface area contributed by atoms with Crippen LogP contribution in [-0.4, -0.2) is 24.0 Å². The van der Waals surface area contributed by atoms with E-state index in [1.807, 2.05) is 0 Å². The van der Waals surface area contributed by atoms with Crippen molar-refractivity contribution in [3.8, 4) is 0 Å². The molecular formula is C16H26N2. The fourth-order valence-electron chi connectivity index (χ4n) is 2.90. The maximum absolute atomic E-state index is 6.07. The Morgan fingerprint density at radius 1 is 1.33 bits per heavy atom. The summed E-state index contributed by atoms with van der Waals surface area (Å²) < 4.78 is 0. The smallest absolute Gasteiger partial charge is 0.0476 e. The van der Waals surface area contributed by atoms with E-state index in [-0.39, 0.29) is 0 Å². The van der Waals surface area contributed by atoms with Gasteiger partial charge in [0.05, 0.1) is 0 Å². The van der Waals surface area contributed by atoms with E-state index < -0.39 is 0 Å². The van der Waals surface area contributed by atoms with Crippen LogP contribution in [0.15, 0.2) is 18.2 Å². The summed E-state index contributed by atoms with van der Waals surface area (Å²) >= 11 is 0. The van der Waals surface area contributed by atoms with Crippen molar-refractivity contribution in [1.29, 1.82) is 0 Å². The molecule has 100 valence electrons. The summed E-state index contributed by atoms with van der Waals surface area (Å²) in [6, 6.07) is 7.93. The monoisotopic (exact) mass is 246 g/mol. The largest absolute Gasteiger partial charge is 0.329 e. The van der Waals surface area contributed by atoms with Gasteiger partial charge in [-0.05, 0) is 50.8 Å². The van der Waals surface area contributed by atoms with Crippen molar-refractivity contribution in [2.75, 3.05) is 13.1 Å². The maximum atomic E-state index is 6.07. The molecule has 1 aromatic carbocycles. The van der Waals surface area contributed by atoms with Crippen molar-refractivity contribution in [1.82, 2.24) is 4.90 Å². The lowest BCUT2D eigenvalue weighted by atomic mass is 9.97. The number of benzene rings is 1. The number of aryl methyl sites for hydroxylation is 2. The Labute approximate surface area is 111 Å². The summed E-state index contributed by atoms with van der Waals surface area (Å²) in [6.45, 7) is 8.51. The average molecular weight is 246 g/mol. The molecule has 0 spiro atoms. The van der Waals surface area contributed by atoms with Crippen LogP contribution in [0.3, 0.4) is 0 Å². The van der Waals surface area contributed by atoms with Gasteiger partial charge in [-0.25, -0.2) is 0 Å². The summed E-state index contributed by atoms with van der Waals surface area (Å²) in [6.07, 6.45) is 3.90. The van der Waals surface area contributed by atoms with E-state index in [9.17, 15) is 0 Å². The van der Waals surface area contributed by atoms with Crippen LogP contribution in [0.5, 0.6) is 0 Å². The molecule has 1 saturated carbocycles. The summed E-state index contributed by atoms with van der Waals surface area (Å²) in [5.41, 5.74) is 10.2. The van der Waals surface area contributed by atoms with Crippen LogP contribution in [0, 0.1) is 13.8 Å².